The largest absolute Gasteiger partial charge is 0.465 e. The predicted octanol–water partition coefficient (Wildman–Crippen LogP) is 5.04. The fourth-order valence-electron chi connectivity index (χ4n) is 2.53. The lowest BCUT2D eigenvalue weighted by Crippen LogP contribution is -2.12. The van der Waals surface area contributed by atoms with Crippen molar-refractivity contribution in [2.75, 3.05) is 12.4 Å². The zero-order chi connectivity index (χ0) is 18.1. The van der Waals surface area contributed by atoms with Gasteiger partial charge in [0.25, 0.3) is 5.91 Å². The summed E-state index contributed by atoms with van der Waals surface area (Å²) in [7, 11) is 1.25. The van der Waals surface area contributed by atoms with Crippen molar-refractivity contribution in [3.63, 3.8) is 0 Å². The first-order valence-corrected chi connectivity index (χ1v) is 8.48. The number of ether oxygens (including phenoxy) is 1. The number of carbonyl (C=O) groups is 2. The maximum absolute atomic E-state index is 14.0. The molecule has 7 heteroatoms. The first-order chi connectivity index (χ1) is 11.9. The molecule has 3 aromatic rings. The van der Waals surface area contributed by atoms with Crippen LogP contribution in [0.2, 0.25) is 5.02 Å². The van der Waals surface area contributed by atoms with Crippen molar-refractivity contribution in [1.82, 2.24) is 0 Å². The summed E-state index contributed by atoms with van der Waals surface area (Å²) < 4.78 is 19.3. The Morgan fingerprint density at radius 3 is 2.68 bits per heavy atom. The van der Waals surface area contributed by atoms with Crippen molar-refractivity contribution in [2.24, 2.45) is 0 Å². The molecule has 0 unspecified atom stereocenters. The molecule has 0 radical (unpaired) electrons. The first-order valence-electron chi connectivity index (χ1n) is 7.29. The number of thiophene rings is 1. The van der Waals surface area contributed by atoms with E-state index < -0.39 is 5.97 Å². The number of hydrogen-bond donors (Lipinski definition) is 1. The number of halogens is 2. The second-order valence-corrected chi connectivity index (χ2v) is 6.77. The highest BCUT2D eigenvalue weighted by Gasteiger charge is 2.19. The first kappa shape index (κ1) is 17.4. The van der Waals surface area contributed by atoms with Gasteiger partial charge in [-0.3, -0.25) is 4.79 Å². The summed E-state index contributed by atoms with van der Waals surface area (Å²) >= 11 is 7.18. The minimum absolute atomic E-state index is 0.154. The molecule has 25 heavy (non-hydrogen) atoms. The van der Waals surface area contributed by atoms with Crippen molar-refractivity contribution >= 4 is 50.6 Å². The highest BCUT2D eigenvalue weighted by Crippen LogP contribution is 2.33. The lowest BCUT2D eigenvalue weighted by Gasteiger charge is -2.08. The number of carbonyl (C=O) groups excluding carboxylic acids is 2. The molecule has 1 amide bonds. The predicted molar refractivity (Wildman–Crippen MR) is 97.3 cm³/mol. The van der Waals surface area contributed by atoms with Crippen LogP contribution in [0, 0.1) is 12.7 Å². The van der Waals surface area contributed by atoms with Gasteiger partial charge < -0.3 is 10.1 Å². The molecule has 0 bridgehead atoms. The van der Waals surface area contributed by atoms with Crippen LogP contribution in [0.5, 0.6) is 0 Å². The molecule has 0 aliphatic heterocycles. The third-order valence-electron chi connectivity index (χ3n) is 3.74. The third kappa shape index (κ3) is 3.23. The fourth-order valence-corrected chi connectivity index (χ4v) is 3.84. The summed E-state index contributed by atoms with van der Waals surface area (Å²) in [5.41, 5.74) is 1.13. The van der Waals surface area contributed by atoms with E-state index in [1.54, 1.807) is 25.1 Å². The van der Waals surface area contributed by atoms with E-state index in [2.05, 4.69) is 10.1 Å². The van der Waals surface area contributed by atoms with Gasteiger partial charge in [0.1, 0.15) is 5.82 Å². The van der Waals surface area contributed by atoms with E-state index in [9.17, 15) is 14.0 Å². The number of benzene rings is 2. The van der Waals surface area contributed by atoms with Gasteiger partial charge in [-0.1, -0.05) is 17.7 Å². The smallest absolute Gasteiger partial charge is 0.339 e. The normalized spacial score (nSPS) is 10.7. The Bertz CT molecular complexity index is 999. The maximum Gasteiger partial charge on any atom is 0.339 e. The van der Waals surface area contributed by atoms with E-state index in [1.807, 2.05) is 0 Å². The van der Waals surface area contributed by atoms with Gasteiger partial charge in [0, 0.05) is 15.8 Å². The number of fused-ring (bicyclic) bond motifs is 1. The van der Waals surface area contributed by atoms with Crippen LogP contribution in [0.4, 0.5) is 10.1 Å². The van der Waals surface area contributed by atoms with E-state index in [4.69, 9.17) is 11.6 Å². The Morgan fingerprint density at radius 2 is 2.00 bits per heavy atom. The molecule has 1 heterocycles. The number of hydrogen-bond acceptors (Lipinski definition) is 4. The molecule has 3 rings (SSSR count). The van der Waals surface area contributed by atoms with Gasteiger partial charge in [-0.2, -0.15) is 0 Å². The van der Waals surface area contributed by atoms with Crippen LogP contribution in [0.15, 0.2) is 36.4 Å². The second-order valence-electron chi connectivity index (χ2n) is 5.31. The van der Waals surface area contributed by atoms with Gasteiger partial charge in [0.05, 0.1) is 22.6 Å². The van der Waals surface area contributed by atoms with Crippen LogP contribution in [0.1, 0.15) is 25.6 Å². The topological polar surface area (TPSA) is 55.4 Å². The van der Waals surface area contributed by atoms with Crippen molar-refractivity contribution in [1.29, 1.82) is 0 Å². The Kier molecular flexibility index (Phi) is 4.74. The number of nitrogens with one attached hydrogen (secondary N) is 1. The summed E-state index contributed by atoms with van der Waals surface area (Å²) in [6.07, 6.45) is 0. The Hall–Kier alpha value is -2.44. The highest BCUT2D eigenvalue weighted by molar-refractivity contribution is 7.21. The molecule has 0 saturated heterocycles. The SMILES string of the molecule is COC(=O)c1cc(NC(=O)c2sc3cccc(F)c3c2C)ccc1Cl. The quantitative estimate of drug-likeness (QED) is 0.650. The van der Waals surface area contributed by atoms with Gasteiger partial charge in [-0.05, 0) is 42.8 Å². The van der Waals surface area contributed by atoms with Gasteiger partial charge in [0.15, 0.2) is 0 Å². The van der Waals surface area contributed by atoms with Crippen LogP contribution in [0.25, 0.3) is 10.1 Å². The third-order valence-corrected chi connectivity index (χ3v) is 5.32. The van der Waals surface area contributed by atoms with Crippen molar-refractivity contribution < 1.29 is 18.7 Å². The average molecular weight is 378 g/mol. The molecule has 0 aliphatic rings. The lowest BCUT2D eigenvalue weighted by atomic mass is 10.1. The number of methoxy groups -OCH3 is 1. The number of anilines is 1. The van der Waals surface area contributed by atoms with Crippen LogP contribution >= 0.6 is 22.9 Å². The number of amides is 1. The second kappa shape index (κ2) is 6.82. The van der Waals surface area contributed by atoms with Gasteiger partial charge >= 0.3 is 5.97 Å². The van der Waals surface area contributed by atoms with E-state index >= 15 is 0 Å². The summed E-state index contributed by atoms with van der Waals surface area (Å²) in [5, 5.41) is 3.38. The molecular formula is C18H13ClFNO3S. The summed E-state index contributed by atoms with van der Waals surface area (Å²) in [4.78, 5) is 24.7. The van der Waals surface area contributed by atoms with Crippen LogP contribution in [0.3, 0.4) is 0 Å². The standard InChI is InChI=1S/C18H13ClFNO3S/c1-9-15-13(20)4-3-5-14(15)25-16(9)17(22)21-10-6-7-12(19)11(8-10)18(23)24-2/h3-8H,1-2H3,(H,21,22). The van der Waals surface area contributed by atoms with Crippen LogP contribution in [-0.4, -0.2) is 19.0 Å². The van der Waals surface area contributed by atoms with Gasteiger partial charge in [-0.15, -0.1) is 11.3 Å². The molecule has 0 aliphatic carbocycles. The zero-order valence-electron chi connectivity index (χ0n) is 13.4. The van der Waals surface area contributed by atoms with Crippen LogP contribution in [-0.2, 0) is 4.74 Å². The monoisotopic (exact) mass is 377 g/mol. The van der Waals surface area contributed by atoms with Gasteiger partial charge in [-0.25, -0.2) is 9.18 Å². The van der Waals surface area contributed by atoms with Crippen molar-refractivity contribution in [2.45, 2.75) is 6.92 Å². The maximum atomic E-state index is 14.0. The Labute approximate surface area is 152 Å². The molecule has 0 saturated carbocycles. The minimum atomic E-state index is -0.596. The van der Waals surface area contributed by atoms with E-state index in [1.165, 1.54) is 36.6 Å². The minimum Gasteiger partial charge on any atom is -0.465 e. The molecule has 1 aromatic heterocycles. The van der Waals surface area contributed by atoms with Crippen LogP contribution < -0.4 is 5.32 Å². The molecule has 1 N–H and O–H groups in total. The summed E-state index contributed by atoms with van der Waals surface area (Å²) in [5.74, 6) is -1.33. The molecule has 2 aromatic carbocycles. The Balaban J connectivity index is 1.94. The van der Waals surface area contributed by atoms with Gasteiger partial charge in [0.2, 0.25) is 0 Å². The molecule has 0 fully saturated rings. The van der Waals surface area contributed by atoms with Crippen molar-refractivity contribution in [3.8, 4) is 0 Å². The average Bonchev–Trinajstić information content (AvgIpc) is 2.94. The van der Waals surface area contributed by atoms with E-state index in [0.717, 1.165) is 0 Å². The molecule has 0 spiro atoms. The summed E-state index contributed by atoms with van der Waals surface area (Å²) in [6, 6.07) is 9.26. The number of rotatable bonds is 3. The molecule has 0 atom stereocenters. The lowest BCUT2D eigenvalue weighted by molar-refractivity contribution is 0.0600. The zero-order valence-corrected chi connectivity index (χ0v) is 14.9. The molecule has 4 nitrogen and oxygen atoms in total. The van der Waals surface area contributed by atoms with Crippen molar-refractivity contribution in [3.05, 3.63) is 63.2 Å². The Morgan fingerprint density at radius 1 is 1.24 bits per heavy atom. The number of aryl methyl sites for hydroxylation is 1. The molecule has 128 valence electrons. The number of esters is 1. The molecular weight excluding hydrogens is 365 g/mol. The summed E-state index contributed by atoms with van der Waals surface area (Å²) in [6.45, 7) is 1.71. The van der Waals surface area contributed by atoms with E-state index in [-0.39, 0.29) is 22.3 Å². The highest BCUT2D eigenvalue weighted by atomic mass is 35.5. The van der Waals surface area contributed by atoms with E-state index in [0.29, 0.717) is 26.2 Å². The fraction of sp³-hybridized carbons (Fsp3) is 0.111.